The zero-order valence-corrected chi connectivity index (χ0v) is 28.7. The molecular formula is C38H48N6O3S. The largest absolute Gasteiger partial charge is 0.363 e. The number of carbonyl (C=O) groups is 3. The Labute approximate surface area is 289 Å². The summed E-state index contributed by atoms with van der Waals surface area (Å²) < 4.78 is 0. The molecule has 3 amide bonds. The number of benzene rings is 3. The molecule has 2 aliphatic heterocycles. The van der Waals surface area contributed by atoms with E-state index in [1.165, 1.54) is 0 Å². The van der Waals surface area contributed by atoms with Crippen molar-refractivity contribution in [1.29, 1.82) is 0 Å². The van der Waals surface area contributed by atoms with Crippen LogP contribution in [0, 0.1) is 5.92 Å². The van der Waals surface area contributed by atoms with Gasteiger partial charge >= 0.3 is 0 Å². The van der Waals surface area contributed by atoms with Gasteiger partial charge in [-0.05, 0) is 87.3 Å². The van der Waals surface area contributed by atoms with Gasteiger partial charge in [0, 0.05) is 19.1 Å². The van der Waals surface area contributed by atoms with Crippen molar-refractivity contribution >= 4 is 35.1 Å². The third-order valence-electron chi connectivity index (χ3n) is 9.60. The fraction of sp³-hybridized carbons (Fsp3) is 0.421. The molecular weight excluding hydrogens is 621 g/mol. The number of nitrogens with one attached hydrogen (secondary N) is 5. The minimum atomic E-state index is -0.768. The van der Waals surface area contributed by atoms with Crippen LogP contribution >= 0.6 is 12.2 Å². The molecule has 2 saturated heterocycles. The topological polar surface area (TPSA) is 115 Å². The Kier molecular flexibility index (Phi) is 12.6. The monoisotopic (exact) mass is 668 g/mol. The molecule has 0 aliphatic carbocycles. The number of hydrogen-bond donors (Lipinski definition) is 5. The summed E-state index contributed by atoms with van der Waals surface area (Å²) in [5.74, 6) is -0.716. The van der Waals surface area contributed by atoms with Gasteiger partial charge in [-0.2, -0.15) is 0 Å². The fourth-order valence-corrected chi connectivity index (χ4v) is 7.34. The number of amides is 3. The lowest BCUT2D eigenvalue weighted by molar-refractivity contribution is -0.143. The van der Waals surface area contributed by atoms with E-state index in [0.717, 1.165) is 42.5 Å². The van der Waals surface area contributed by atoms with Crippen molar-refractivity contribution in [1.82, 2.24) is 31.5 Å². The highest BCUT2D eigenvalue weighted by atomic mass is 32.1. The Morgan fingerprint density at radius 1 is 0.854 bits per heavy atom. The van der Waals surface area contributed by atoms with Crippen LogP contribution in [0.15, 0.2) is 91.0 Å². The fourth-order valence-electron chi connectivity index (χ4n) is 7.10. The molecule has 0 radical (unpaired) electrons. The van der Waals surface area contributed by atoms with E-state index in [1.54, 1.807) is 11.9 Å². The van der Waals surface area contributed by atoms with Gasteiger partial charge in [0.15, 0.2) is 5.11 Å². The highest BCUT2D eigenvalue weighted by Crippen LogP contribution is 2.35. The van der Waals surface area contributed by atoms with Crippen molar-refractivity contribution in [2.24, 2.45) is 5.92 Å². The highest BCUT2D eigenvalue weighted by Gasteiger charge is 2.48. The minimum absolute atomic E-state index is 0.0650. The molecule has 2 aliphatic rings. The Morgan fingerprint density at radius 3 is 2.06 bits per heavy atom. The Hall–Kier alpha value is -4.28. The standard InChI is InChI=1S/C38H48N6O3S/c1-3-40-38(48)41-24-23-29-19-20-30-21-22-32(36(46)42-33(27-15-9-5-10-16-27)28-17-11-6-12-18-28)44(30)37(47)34(29)43-35(45)31(39-2)25-26-13-7-4-8-14-26/h4-18,29-34,39H,3,19-25H2,1-2H3,(H,42,46)(H,43,45)(H2,40,41,48)/t29-,30+,31-,32+,34+/m1/s1. The van der Waals surface area contributed by atoms with Crippen LogP contribution in [0.5, 0.6) is 0 Å². The van der Waals surface area contributed by atoms with E-state index in [4.69, 9.17) is 12.2 Å². The van der Waals surface area contributed by atoms with Gasteiger partial charge in [0.25, 0.3) is 0 Å². The molecule has 5 atom stereocenters. The summed E-state index contributed by atoms with van der Waals surface area (Å²) in [7, 11) is 1.76. The average molecular weight is 669 g/mol. The second kappa shape index (κ2) is 17.2. The smallest absolute Gasteiger partial charge is 0.246 e. The van der Waals surface area contributed by atoms with E-state index in [-0.39, 0.29) is 35.7 Å². The Bertz CT molecular complexity index is 1470. The molecule has 0 spiro atoms. The normalized spacial score (nSPS) is 21.1. The van der Waals surface area contributed by atoms with Gasteiger partial charge in [0.05, 0.1) is 12.1 Å². The summed E-state index contributed by atoms with van der Waals surface area (Å²) in [6.07, 6.45) is 3.98. The Morgan fingerprint density at radius 2 is 1.46 bits per heavy atom. The van der Waals surface area contributed by atoms with E-state index < -0.39 is 18.1 Å². The molecule has 3 aromatic carbocycles. The summed E-state index contributed by atoms with van der Waals surface area (Å²) in [6.45, 7) is 3.27. The molecule has 9 nitrogen and oxygen atoms in total. The number of likely N-dealkylation sites (N-methyl/N-ethyl adjacent to an activating group) is 1. The van der Waals surface area contributed by atoms with Crippen LogP contribution in [0.2, 0.25) is 0 Å². The molecule has 2 fully saturated rings. The van der Waals surface area contributed by atoms with E-state index in [0.29, 0.717) is 30.9 Å². The second-order valence-electron chi connectivity index (χ2n) is 12.7. The summed E-state index contributed by atoms with van der Waals surface area (Å²) >= 11 is 5.38. The molecule has 10 heteroatoms. The molecule has 3 aromatic rings. The van der Waals surface area contributed by atoms with Crippen LogP contribution in [0.3, 0.4) is 0 Å². The number of carbonyl (C=O) groups excluding carboxylic acids is 3. The lowest BCUT2D eigenvalue weighted by Gasteiger charge is -2.33. The maximum Gasteiger partial charge on any atom is 0.246 e. The zero-order chi connectivity index (χ0) is 33.9. The maximum atomic E-state index is 14.6. The van der Waals surface area contributed by atoms with Crippen LogP contribution in [-0.2, 0) is 20.8 Å². The number of nitrogens with zero attached hydrogens (tertiary/aromatic N) is 1. The first kappa shape index (κ1) is 35.0. The lowest BCUT2D eigenvalue weighted by atomic mass is 9.90. The van der Waals surface area contributed by atoms with E-state index >= 15 is 0 Å². The van der Waals surface area contributed by atoms with Crippen molar-refractivity contribution in [2.45, 2.75) is 75.7 Å². The number of fused-ring (bicyclic) bond motifs is 1. The molecule has 0 saturated carbocycles. The van der Waals surface area contributed by atoms with Crippen molar-refractivity contribution in [2.75, 3.05) is 20.1 Å². The van der Waals surface area contributed by atoms with Crippen LogP contribution in [0.4, 0.5) is 0 Å². The third kappa shape index (κ3) is 8.79. The third-order valence-corrected chi connectivity index (χ3v) is 9.89. The van der Waals surface area contributed by atoms with Crippen molar-refractivity contribution in [3.05, 3.63) is 108 Å². The molecule has 2 heterocycles. The zero-order valence-electron chi connectivity index (χ0n) is 27.9. The van der Waals surface area contributed by atoms with Crippen LogP contribution < -0.4 is 26.6 Å². The maximum absolute atomic E-state index is 14.6. The minimum Gasteiger partial charge on any atom is -0.363 e. The van der Waals surface area contributed by atoms with Gasteiger partial charge in [-0.3, -0.25) is 14.4 Å². The van der Waals surface area contributed by atoms with Crippen LogP contribution in [0.25, 0.3) is 0 Å². The van der Waals surface area contributed by atoms with Crippen LogP contribution in [-0.4, -0.2) is 72.0 Å². The van der Waals surface area contributed by atoms with E-state index in [9.17, 15) is 14.4 Å². The highest BCUT2D eigenvalue weighted by molar-refractivity contribution is 7.80. The quantitative estimate of drug-likeness (QED) is 0.176. The summed E-state index contributed by atoms with van der Waals surface area (Å²) in [6, 6.07) is 27.3. The second-order valence-corrected chi connectivity index (χ2v) is 13.1. The molecule has 5 rings (SSSR count). The van der Waals surface area contributed by atoms with Crippen molar-refractivity contribution < 1.29 is 14.4 Å². The van der Waals surface area contributed by atoms with Crippen molar-refractivity contribution in [3.63, 3.8) is 0 Å². The lowest BCUT2D eigenvalue weighted by Crippen LogP contribution is -2.58. The van der Waals surface area contributed by atoms with Gasteiger partial charge < -0.3 is 31.5 Å². The van der Waals surface area contributed by atoms with Crippen LogP contribution in [0.1, 0.15) is 61.8 Å². The van der Waals surface area contributed by atoms with Gasteiger partial charge in [0.1, 0.15) is 12.1 Å². The summed E-state index contributed by atoms with van der Waals surface area (Å²) in [5.41, 5.74) is 2.97. The first-order chi connectivity index (χ1) is 23.4. The number of rotatable bonds is 13. The first-order valence-corrected chi connectivity index (χ1v) is 17.6. The van der Waals surface area contributed by atoms with Gasteiger partial charge in [-0.15, -0.1) is 0 Å². The summed E-state index contributed by atoms with van der Waals surface area (Å²) in [5, 5.41) is 16.5. The van der Waals surface area contributed by atoms with Gasteiger partial charge in [0.2, 0.25) is 17.7 Å². The first-order valence-electron chi connectivity index (χ1n) is 17.1. The Balaban J connectivity index is 1.37. The molecule has 0 unspecified atom stereocenters. The SMILES string of the molecule is CCNC(=S)NCC[C@H]1CC[C@H]2CC[C@@H](C(=O)NC(c3ccccc3)c3ccccc3)N2C(=O)[C@H]1NC(=O)[C@@H](Cc1ccccc1)NC. The summed E-state index contributed by atoms with van der Waals surface area (Å²) in [4.78, 5) is 44.4. The van der Waals surface area contributed by atoms with Crippen molar-refractivity contribution in [3.8, 4) is 0 Å². The molecule has 0 aromatic heterocycles. The van der Waals surface area contributed by atoms with E-state index in [2.05, 4.69) is 26.6 Å². The van der Waals surface area contributed by atoms with E-state index in [1.807, 2.05) is 97.9 Å². The molecule has 254 valence electrons. The molecule has 5 N–H and O–H groups in total. The average Bonchev–Trinajstić information content (AvgIpc) is 3.50. The predicted octanol–water partition coefficient (Wildman–Crippen LogP) is 3.85. The molecule has 48 heavy (non-hydrogen) atoms. The number of hydrogen-bond acceptors (Lipinski definition) is 5. The molecule has 0 bridgehead atoms. The van der Waals surface area contributed by atoms with Gasteiger partial charge in [-0.25, -0.2) is 0 Å². The van der Waals surface area contributed by atoms with Gasteiger partial charge in [-0.1, -0.05) is 91.0 Å². The predicted molar refractivity (Wildman–Crippen MR) is 193 cm³/mol. The number of thiocarbonyl (C=S) groups is 1.